The van der Waals surface area contributed by atoms with E-state index in [1.54, 1.807) is 0 Å². The summed E-state index contributed by atoms with van der Waals surface area (Å²) in [5.74, 6) is 0.640. The van der Waals surface area contributed by atoms with Crippen LogP contribution in [-0.2, 0) is 4.79 Å². The molecule has 0 spiro atoms. The second-order valence-electron chi connectivity index (χ2n) is 2.36. The second-order valence-corrected chi connectivity index (χ2v) is 3.46. The normalized spacial score (nSPS) is 10.1. The molecule has 12 heavy (non-hydrogen) atoms. The predicted octanol–water partition coefficient (Wildman–Crippen LogP) is 2.15. The lowest BCUT2D eigenvalue weighted by Gasteiger charge is -1.92. The molecule has 0 atom stereocenters. The van der Waals surface area contributed by atoms with Crippen LogP contribution in [0.2, 0.25) is 0 Å². The van der Waals surface area contributed by atoms with Crippen LogP contribution in [0.4, 0.5) is 0 Å². The molecule has 0 fully saturated rings. The zero-order valence-electron chi connectivity index (χ0n) is 6.74. The molecule has 0 aliphatic heterocycles. The topological polar surface area (TPSA) is 50.4 Å². The first-order chi connectivity index (χ1) is 5.68. The highest BCUT2D eigenvalue weighted by Crippen LogP contribution is 2.20. The molecule has 0 unspecified atom stereocenters. The Morgan fingerprint density at radius 2 is 2.42 bits per heavy atom. The fourth-order valence-electron chi connectivity index (χ4n) is 0.729. The predicted molar refractivity (Wildman–Crippen MR) is 46.4 cm³/mol. The minimum absolute atomic E-state index is 0.171. The van der Waals surface area contributed by atoms with Crippen molar-refractivity contribution in [2.75, 3.05) is 5.75 Å². The van der Waals surface area contributed by atoms with Gasteiger partial charge in [-0.3, -0.25) is 4.79 Å². The van der Waals surface area contributed by atoms with Crippen LogP contribution in [0, 0.1) is 6.92 Å². The summed E-state index contributed by atoms with van der Waals surface area (Å²) in [5, 5.41) is 9.14. The van der Waals surface area contributed by atoms with E-state index < -0.39 is 5.97 Å². The van der Waals surface area contributed by atoms with Gasteiger partial charge in [0.1, 0.15) is 5.76 Å². The fraction of sp³-hybridized carbons (Fsp3) is 0.375. The van der Waals surface area contributed by atoms with Gasteiger partial charge in [-0.2, -0.15) is 0 Å². The Bertz CT molecular complexity index is 267. The van der Waals surface area contributed by atoms with Crippen molar-refractivity contribution in [3.05, 3.63) is 17.9 Å². The molecule has 0 radical (unpaired) electrons. The van der Waals surface area contributed by atoms with Crippen LogP contribution >= 0.6 is 11.8 Å². The maximum absolute atomic E-state index is 10.2. The van der Waals surface area contributed by atoms with Gasteiger partial charge in [0.05, 0.1) is 6.42 Å². The van der Waals surface area contributed by atoms with Crippen molar-refractivity contribution in [1.82, 2.24) is 0 Å². The van der Waals surface area contributed by atoms with E-state index >= 15 is 0 Å². The van der Waals surface area contributed by atoms with E-state index in [9.17, 15) is 4.79 Å². The van der Waals surface area contributed by atoms with E-state index in [1.165, 1.54) is 11.8 Å². The molecular weight excluding hydrogens is 176 g/mol. The summed E-state index contributed by atoms with van der Waals surface area (Å²) in [6.07, 6.45) is 0.171. The number of carboxylic acids is 1. The van der Waals surface area contributed by atoms with Gasteiger partial charge in [0.2, 0.25) is 0 Å². The first-order valence-electron chi connectivity index (χ1n) is 3.59. The first kappa shape index (κ1) is 9.19. The van der Waals surface area contributed by atoms with E-state index in [2.05, 4.69) is 0 Å². The molecule has 66 valence electrons. The highest BCUT2D eigenvalue weighted by atomic mass is 32.2. The Balaban J connectivity index is 2.29. The molecule has 3 nitrogen and oxygen atoms in total. The molecule has 0 aromatic carbocycles. The molecule has 0 aliphatic carbocycles. The average Bonchev–Trinajstić information content (AvgIpc) is 2.35. The Morgan fingerprint density at radius 1 is 1.67 bits per heavy atom. The molecule has 0 aliphatic rings. The summed E-state index contributed by atoms with van der Waals surface area (Å²) in [6.45, 7) is 1.86. The third kappa shape index (κ3) is 3.00. The lowest BCUT2D eigenvalue weighted by molar-refractivity contribution is -0.136. The van der Waals surface area contributed by atoms with Crippen molar-refractivity contribution in [2.24, 2.45) is 0 Å². The van der Waals surface area contributed by atoms with Crippen molar-refractivity contribution >= 4 is 17.7 Å². The maximum Gasteiger partial charge on any atom is 0.304 e. The number of carbonyl (C=O) groups is 1. The van der Waals surface area contributed by atoms with Crippen LogP contribution in [0.15, 0.2) is 21.6 Å². The van der Waals surface area contributed by atoms with Crippen molar-refractivity contribution in [3.8, 4) is 0 Å². The van der Waals surface area contributed by atoms with Crippen LogP contribution in [-0.4, -0.2) is 16.8 Å². The van der Waals surface area contributed by atoms with E-state index in [0.717, 1.165) is 10.9 Å². The lowest BCUT2D eigenvalue weighted by Crippen LogP contribution is -1.95. The van der Waals surface area contributed by atoms with Gasteiger partial charge in [0, 0.05) is 5.75 Å². The smallest absolute Gasteiger partial charge is 0.304 e. The summed E-state index contributed by atoms with van der Waals surface area (Å²) in [4.78, 5) is 10.2. The fourth-order valence-corrected chi connectivity index (χ4v) is 1.56. The minimum Gasteiger partial charge on any atom is -0.481 e. The largest absolute Gasteiger partial charge is 0.481 e. The van der Waals surface area contributed by atoms with E-state index in [-0.39, 0.29) is 6.42 Å². The minimum atomic E-state index is -0.772. The van der Waals surface area contributed by atoms with E-state index in [4.69, 9.17) is 9.52 Å². The highest BCUT2D eigenvalue weighted by molar-refractivity contribution is 7.99. The van der Waals surface area contributed by atoms with Gasteiger partial charge in [-0.1, -0.05) is 11.8 Å². The standard InChI is InChI=1S/C8H10O3S/c1-6-2-3-8(11-6)12-5-4-7(9)10/h2-3H,4-5H2,1H3,(H,9,10). The molecule has 0 amide bonds. The quantitative estimate of drug-likeness (QED) is 0.732. The number of carboxylic acid groups (broad SMARTS) is 1. The molecule has 0 saturated heterocycles. The summed E-state index contributed by atoms with van der Waals surface area (Å²) < 4.78 is 5.24. The van der Waals surface area contributed by atoms with Crippen LogP contribution in [0.5, 0.6) is 0 Å². The van der Waals surface area contributed by atoms with Gasteiger partial charge in [0.15, 0.2) is 5.09 Å². The average molecular weight is 186 g/mol. The maximum atomic E-state index is 10.2. The second kappa shape index (κ2) is 4.21. The summed E-state index contributed by atoms with van der Waals surface area (Å²) in [7, 11) is 0. The van der Waals surface area contributed by atoms with Gasteiger partial charge in [-0.05, 0) is 19.1 Å². The summed E-state index contributed by atoms with van der Waals surface area (Å²) in [5.41, 5.74) is 0. The SMILES string of the molecule is Cc1ccc(SCCC(=O)O)o1. The number of rotatable bonds is 4. The number of hydrogen-bond acceptors (Lipinski definition) is 3. The van der Waals surface area contributed by atoms with Gasteiger partial charge < -0.3 is 9.52 Å². The van der Waals surface area contributed by atoms with Crippen LogP contribution in [0.3, 0.4) is 0 Å². The molecule has 1 aromatic rings. The third-order valence-electron chi connectivity index (χ3n) is 1.28. The molecule has 0 saturated carbocycles. The van der Waals surface area contributed by atoms with E-state index in [0.29, 0.717) is 5.75 Å². The lowest BCUT2D eigenvalue weighted by atomic mass is 10.5. The van der Waals surface area contributed by atoms with Gasteiger partial charge >= 0.3 is 5.97 Å². The van der Waals surface area contributed by atoms with Crippen molar-refractivity contribution in [2.45, 2.75) is 18.4 Å². The zero-order valence-corrected chi connectivity index (χ0v) is 7.56. The molecular formula is C8H10O3S. The molecule has 0 bridgehead atoms. The Kier molecular flexibility index (Phi) is 3.22. The molecule has 1 aromatic heterocycles. The third-order valence-corrected chi connectivity index (χ3v) is 2.19. The number of thioether (sulfide) groups is 1. The van der Waals surface area contributed by atoms with Crippen molar-refractivity contribution in [3.63, 3.8) is 0 Å². The Labute approximate surface area is 74.8 Å². The van der Waals surface area contributed by atoms with E-state index in [1.807, 2.05) is 19.1 Å². The number of aryl methyl sites for hydroxylation is 1. The monoisotopic (exact) mass is 186 g/mol. The number of aliphatic carboxylic acids is 1. The molecule has 1 rings (SSSR count). The summed E-state index contributed by atoms with van der Waals surface area (Å²) in [6, 6.07) is 3.71. The van der Waals surface area contributed by atoms with Gasteiger partial charge in [-0.15, -0.1) is 0 Å². The van der Waals surface area contributed by atoms with Crippen molar-refractivity contribution < 1.29 is 14.3 Å². The van der Waals surface area contributed by atoms with Gasteiger partial charge in [0.25, 0.3) is 0 Å². The van der Waals surface area contributed by atoms with Crippen LogP contribution < -0.4 is 0 Å². The summed E-state index contributed by atoms with van der Waals surface area (Å²) >= 11 is 1.42. The Hall–Kier alpha value is -0.900. The number of furan rings is 1. The molecule has 4 heteroatoms. The Morgan fingerprint density at radius 3 is 2.92 bits per heavy atom. The molecule has 1 N–H and O–H groups in total. The van der Waals surface area contributed by atoms with Crippen LogP contribution in [0.25, 0.3) is 0 Å². The number of hydrogen-bond donors (Lipinski definition) is 1. The van der Waals surface area contributed by atoms with Crippen LogP contribution in [0.1, 0.15) is 12.2 Å². The van der Waals surface area contributed by atoms with Crippen molar-refractivity contribution in [1.29, 1.82) is 0 Å². The highest BCUT2D eigenvalue weighted by Gasteiger charge is 2.01. The first-order valence-corrected chi connectivity index (χ1v) is 4.58. The molecule has 1 heterocycles. The zero-order chi connectivity index (χ0) is 8.97. The van der Waals surface area contributed by atoms with Gasteiger partial charge in [-0.25, -0.2) is 0 Å².